The van der Waals surface area contributed by atoms with Gasteiger partial charge >= 0.3 is 0 Å². The molecule has 0 radical (unpaired) electrons. The van der Waals surface area contributed by atoms with Gasteiger partial charge in [-0.1, -0.05) is 23.4 Å². The van der Waals surface area contributed by atoms with Crippen molar-refractivity contribution in [1.29, 1.82) is 0 Å². The summed E-state index contributed by atoms with van der Waals surface area (Å²) in [7, 11) is 0. The van der Waals surface area contributed by atoms with Crippen molar-refractivity contribution in [3.8, 4) is 11.4 Å². The first-order valence-electron chi connectivity index (χ1n) is 7.49. The Bertz CT molecular complexity index is 1140. The third kappa shape index (κ3) is 3.26. The van der Waals surface area contributed by atoms with Crippen LogP contribution >= 0.6 is 23.4 Å². The lowest BCUT2D eigenvalue weighted by Crippen LogP contribution is -2.11. The Kier molecular flexibility index (Phi) is 4.31. The molecule has 0 saturated carbocycles. The van der Waals surface area contributed by atoms with Gasteiger partial charge in [-0.05, 0) is 52.9 Å². The monoisotopic (exact) mass is 386 g/mol. The molecular weight excluding hydrogens is 376 g/mol. The van der Waals surface area contributed by atoms with Gasteiger partial charge in [0, 0.05) is 5.02 Å². The van der Waals surface area contributed by atoms with Crippen LogP contribution in [0.4, 0.5) is 0 Å². The summed E-state index contributed by atoms with van der Waals surface area (Å²) in [5, 5.41) is 22.5. The second-order valence-electron chi connectivity index (χ2n) is 5.35. The van der Waals surface area contributed by atoms with E-state index in [1.54, 1.807) is 47.1 Å². The summed E-state index contributed by atoms with van der Waals surface area (Å²) in [6, 6.07) is 11.5. The van der Waals surface area contributed by atoms with E-state index >= 15 is 0 Å². The van der Waals surface area contributed by atoms with E-state index < -0.39 is 0 Å². The molecule has 0 aliphatic carbocycles. The van der Waals surface area contributed by atoms with Gasteiger partial charge in [0.25, 0.3) is 5.56 Å². The summed E-state index contributed by atoms with van der Waals surface area (Å²) < 4.78 is 1.54. The Hall–Kier alpha value is -2.91. The van der Waals surface area contributed by atoms with Gasteiger partial charge in [-0.3, -0.25) is 4.79 Å². The Morgan fingerprint density at radius 1 is 1.19 bits per heavy atom. The molecule has 0 atom stereocenters. The molecule has 2 N–H and O–H groups in total. The summed E-state index contributed by atoms with van der Waals surface area (Å²) in [4.78, 5) is 19.4. The fourth-order valence-electron chi connectivity index (χ4n) is 2.39. The molecule has 4 aromatic rings. The van der Waals surface area contributed by atoms with Gasteiger partial charge < -0.3 is 10.1 Å². The molecule has 8 nitrogen and oxygen atoms in total. The minimum absolute atomic E-state index is 0.161. The molecule has 0 amide bonds. The van der Waals surface area contributed by atoms with Crippen LogP contribution < -0.4 is 5.56 Å². The van der Waals surface area contributed by atoms with E-state index in [0.717, 1.165) is 0 Å². The fourth-order valence-corrected chi connectivity index (χ4v) is 3.32. The minimum atomic E-state index is -0.244. The Balaban J connectivity index is 1.60. The summed E-state index contributed by atoms with van der Waals surface area (Å²) in [5.74, 6) is 1.05. The number of nitrogens with one attached hydrogen (secondary N) is 1. The van der Waals surface area contributed by atoms with E-state index in [-0.39, 0.29) is 11.3 Å². The summed E-state index contributed by atoms with van der Waals surface area (Å²) in [6.45, 7) is 0. The first-order chi connectivity index (χ1) is 12.6. The van der Waals surface area contributed by atoms with Crippen LogP contribution in [0.15, 0.2) is 52.4 Å². The van der Waals surface area contributed by atoms with Crippen molar-refractivity contribution < 1.29 is 5.11 Å². The Labute approximate surface area is 155 Å². The van der Waals surface area contributed by atoms with E-state index in [1.807, 2.05) is 0 Å². The first kappa shape index (κ1) is 16.6. The highest BCUT2D eigenvalue weighted by atomic mass is 35.5. The molecule has 4 rings (SSSR count). The van der Waals surface area contributed by atoms with Gasteiger partial charge in [0.15, 0.2) is 0 Å². The largest absolute Gasteiger partial charge is 0.508 e. The molecule has 2 aromatic carbocycles. The molecule has 0 saturated heterocycles. The number of thioether (sulfide) groups is 1. The normalized spacial score (nSPS) is 11.1. The van der Waals surface area contributed by atoms with Crippen molar-refractivity contribution in [3.63, 3.8) is 0 Å². The summed E-state index contributed by atoms with van der Waals surface area (Å²) >= 11 is 7.25. The molecule has 0 spiro atoms. The molecule has 0 bridgehead atoms. The van der Waals surface area contributed by atoms with E-state index in [0.29, 0.717) is 38.3 Å². The average Bonchev–Trinajstić information content (AvgIpc) is 3.10. The summed E-state index contributed by atoms with van der Waals surface area (Å²) in [5.41, 5.74) is 1.04. The van der Waals surface area contributed by atoms with Crippen LogP contribution in [-0.2, 0) is 5.75 Å². The SMILES string of the molecule is O=c1[nH]c(CSc2nnnn2-c2ccc(O)cc2)nc2ccc(Cl)cc12. The predicted octanol–water partition coefficient (Wildman–Crippen LogP) is 2.55. The molecule has 0 aliphatic rings. The maximum atomic E-state index is 12.2. The fraction of sp³-hybridized carbons (Fsp3) is 0.0625. The number of hydrogen-bond donors (Lipinski definition) is 2. The van der Waals surface area contributed by atoms with Crippen molar-refractivity contribution in [2.45, 2.75) is 10.9 Å². The van der Waals surface area contributed by atoms with Crippen molar-refractivity contribution in [2.75, 3.05) is 0 Å². The van der Waals surface area contributed by atoms with Gasteiger partial charge in [0.05, 0.1) is 22.3 Å². The number of benzene rings is 2. The summed E-state index contributed by atoms with van der Waals surface area (Å²) in [6.07, 6.45) is 0. The molecule has 130 valence electrons. The number of nitrogens with zero attached hydrogens (tertiary/aromatic N) is 5. The van der Waals surface area contributed by atoms with Gasteiger partial charge in [-0.15, -0.1) is 5.10 Å². The number of tetrazole rings is 1. The zero-order valence-electron chi connectivity index (χ0n) is 13.1. The number of halogens is 1. The molecule has 2 heterocycles. The smallest absolute Gasteiger partial charge is 0.258 e. The Morgan fingerprint density at radius 2 is 2.00 bits per heavy atom. The topological polar surface area (TPSA) is 110 Å². The second-order valence-corrected chi connectivity index (χ2v) is 6.73. The molecule has 0 unspecified atom stereocenters. The maximum absolute atomic E-state index is 12.2. The van der Waals surface area contributed by atoms with E-state index in [4.69, 9.17) is 11.6 Å². The highest BCUT2D eigenvalue weighted by Crippen LogP contribution is 2.23. The lowest BCUT2D eigenvalue weighted by Gasteiger charge is -2.05. The van der Waals surface area contributed by atoms with Gasteiger partial charge in [0.2, 0.25) is 5.16 Å². The lowest BCUT2D eigenvalue weighted by molar-refractivity contribution is 0.475. The van der Waals surface area contributed by atoms with Crippen LogP contribution in [0, 0.1) is 0 Å². The number of hydrogen-bond acceptors (Lipinski definition) is 7. The van der Waals surface area contributed by atoms with E-state index in [9.17, 15) is 9.90 Å². The van der Waals surface area contributed by atoms with Gasteiger partial charge in [-0.25, -0.2) is 4.98 Å². The number of phenolic OH excluding ortho intramolecular Hbond substituents is 1. The van der Waals surface area contributed by atoms with Crippen molar-refractivity contribution in [3.05, 3.63) is 63.7 Å². The molecule has 0 fully saturated rings. The Morgan fingerprint density at radius 3 is 2.81 bits per heavy atom. The van der Waals surface area contributed by atoms with Crippen LogP contribution in [-0.4, -0.2) is 35.3 Å². The number of aromatic nitrogens is 6. The number of aromatic hydroxyl groups is 1. The predicted molar refractivity (Wildman–Crippen MR) is 97.8 cm³/mol. The highest BCUT2D eigenvalue weighted by molar-refractivity contribution is 7.98. The van der Waals surface area contributed by atoms with Gasteiger partial charge in [0.1, 0.15) is 11.6 Å². The maximum Gasteiger partial charge on any atom is 0.258 e. The molecule has 2 aromatic heterocycles. The second kappa shape index (κ2) is 6.77. The standard InChI is InChI=1S/C16H11ClN6O2S/c17-9-1-6-13-12(7-9)15(25)19-14(18-13)8-26-16-20-21-22-23(16)10-2-4-11(24)5-3-10/h1-7,24H,8H2,(H,18,19,25). The number of rotatable bonds is 4. The van der Waals surface area contributed by atoms with E-state index in [2.05, 4.69) is 25.5 Å². The number of aromatic amines is 1. The third-order valence-electron chi connectivity index (χ3n) is 3.59. The average molecular weight is 387 g/mol. The molecule has 10 heteroatoms. The van der Waals surface area contributed by atoms with Crippen LogP contribution in [0.1, 0.15) is 5.82 Å². The van der Waals surface area contributed by atoms with Crippen molar-refractivity contribution >= 4 is 34.3 Å². The number of phenols is 1. The zero-order valence-corrected chi connectivity index (χ0v) is 14.7. The quantitative estimate of drug-likeness (QED) is 0.518. The lowest BCUT2D eigenvalue weighted by atomic mass is 10.2. The molecular formula is C16H11ClN6O2S. The van der Waals surface area contributed by atoms with E-state index in [1.165, 1.54) is 11.8 Å². The van der Waals surface area contributed by atoms with Crippen LogP contribution in [0.25, 0.3) is 16.6 Å². The van der Waals surface area contributed by atoms with Crippen LogP contribution in [0.5, 0.6) is 5.75 Å². The van der Waals surface area contributed by atoms with Crippen molar-refractivity contribution in [1.82, 2.24) is 30.2 Å². The van der Waals surface area contributed by atoms with Crippen LogP contribution in [0.3, 0.4) is 0 Å². The third-order valence-corrected chi connectivity index (χ3v) is 4.76. The minimum Gasteiger partial charge on any atom is -0.508 e. The molecule has 26 heavy (non-hydrogen) atoms. The number of fused-ring (bicyclic) bond motifs is 1. The van der Waals surface area contributed by atoms with Crippen LogP contribution in [0.2, 0.25) is 5.02 Å². The first-order valence-corrected chi connectivity index (χ1v) is 8.85. The zero-order chi connectivity index (χ0) is 18.1. The van der Waals surface area contributed by atoms with Gasteiger partial charge in [-0.2, -0.15) is 4.68 Å². The number of H-pyrrole nitrogens is 1. The highest BCUT2D eigenvalue weighted by Gasteiger charge is 2.11. The van der Waals surface area contributed by atoms with Crippen molar-refractivity contribution in [2.24, 2.45) is 0 Å². The molecule has 0 aliphatic heterocycles.